The van der Waals surface area contributed by atoms with E-state index in [-0.39, 0.29) is 5.91 Å². The molecule has 2 N–H and O–H groups in total. The van der Waals surface area contributed by atoms with E-state index in [9.17, 15) is 4.79 Å². The molecule has 6 nitrogen and oxygen atoms in total. The van der Waals surface area contributed by atoms with Crippen LogP contribution in [0.2, 0.25) is 0 Å². The molecule has 98 valence electrons. The number of hydrogen-bond acceptors (Lipinski definition) is 5. The van der Waals surface area contributed by atoms with Crippen molar-refractivity contribution in [3.63, 3.8) is 0 Å². The van der Waals surface area contributed by atoms with E-state index in [1.54, 1.807) is 12.3 Å². The first-order valence-corrected chi connectivity index (χ1v) is 6.17. The number of likely N-dealkylation sites (N-methyl/N-ethyl adjacent to an activating group) is 1. The fraction of sp³-hybridized carbons (Fsp3) is 0.583. The van der Waals surface area contributed by atoms with E-state index in [0.29, 0.717) is 24.2 Å². The summed E-state index contributed by atoms with van der Waals surface area (Å²) >= 11 is 0. The van der Waals surface area contributed by atoms with Crippen molar-refractivity contribution in [2.45, 2.75) is 18.9 Å². The summed E-state index contributed by atoms with van der Waals surface area (Å²) in [5.74, 6) is 0.385. The fourth-order valence-corrected chi connectivity index (χ4v) is 1.45. The molecular weight excluding hydrogens is 230 g/mol. The lowest BCUT2D eigenvalue weighted by molar-refractivity contribution is 0.0946. The van der Waals surface area contributed by atoms with Crippen LogP contribution in [0.15, 0.2) is 12.3 Å². The second-order valence-electron chi connectivity index (χ2n) is 4.74. The lowest BCUT2D eigenvalue weighted by Crippen LogP contribution is -2.32. The molecule has 1 fully saturated rings. The maximum absolute atomic E-state index is 11.8. The van der Waals surface area contributed by atoms with Crippen LogP contribution in [-0.4, -0.2) is 54.0 Å². The molecule has 1 aliphatic carbocycles. The van der Waals surface area contributed by atoms with Crippen molar-refractivity contribution >= 4 is 11.9 Å². The average molecular weight is 249 g/mol. The highest BCUT2D eigenvalue weighted by Crippen LogP contribution is 2.22. The number of carbonyl (C=O) groups excluding carboxylic acids is 1. The smallest absolute Gasteiger partial charge is 0.270 e. The molecule has 0 radical (unpaired) electrons. The highest BCUT2D eigenvalue weighted by atomic mass is 16.1. The van der Waals surface area contributed by atoms with Gasteiger partial charge in [-0.25, -0.2) is 9.97 Å². The van der Waals surface area contributed by atoms with Crippen LogP contribution in [-0.2, 0) is 0 Å². The van der Waals surface area contributed by atoms with Crippen LogP contribution >= 0.6 is 0 Å². The number of carbonyl (C=O) groups is 1. The Hall–Kier alpha value is -1.69. The molecule has 0 aliphatic heterocycles. The van der Waals surface area contributed by atoms with Gasteiger partial charge in [0.25, 0.3) is 5.91 Å². The largest absolute Gasteiger partial charge is 0.351 e. The maximum Gasteiger partial charge on any atom is 0.270 e. The summed E-state index contributed by atoms with van der Waals surface area (Å²) in [6.45, 7) is 1.42. The van der Waals surface area contributed by atoms with Crippen LogP contribution in [0, 0.1) is 0 Å². The van der Waals surface area contributed by atoms with Crippen LogP contribution in [0.3, 0.4) is 0 Å². The number of nitrogens with one attached hydrogen (secondary N) is 2. The van der Waals surface area contributed by atoms with Gasteiger partial charge in [-0.2, -0.15) is 0 Å². The van der Waals surface area contributed by atoms with Gasteiger partial charge in [0.05, 0.1) is 0 Å². The topological polar surface area (TPSA) is 70.2 Å². The Bertz CT molecular complexity index is 417. The number of hydrogen-bond donors (Lipinski definition) is 2. The minimum atomic E-state index is -0.155. The van der Waals surface area contributed by atoms with Gasteiger partial charge in [0.1, 0.15) is 5.69 Å². The molecule has 1 amide bonds. The van der Waals surface area contributed by atoms with E-state index >= 15 is 0 Å². The van der Waals surface area contributed by atoms with Crippen molar-refractivity contribution in [1.82, 2.24) is 20.2 Å². The molecular formula is C12H19N5O. The second kappa shape index (κ2) is 5.77. The zero-order valence-corrected chi connectivity index (χ0v) is 10.8. The Morgan fingerprint density at radius 2 is 2.28 bits per heavy atom. The molecule has 6 heteroatoms. The summed E-state index contributed by atoms with van der Waals surface area (Å²) in [6.07, 6.45) is 3.92. The molecule has 0 saturated heterocycles. The lowest BCUT2D eigenvalue weighted by atomic mass is 10.4. The van der Waals surface area contributed by atoms with E-state index in [4.69, 9.17) is 0 Å². The number of amides is 1. The second-order valence-corrected chi connectivity index (χ2v) is 4.74. The zero-order chi connectivity index (χ0) is 13.0. The van der Waals surface area contributed by atoms with Crippen LogP contribution in [0.25, 0.3) is 0 Å². The van der Waals surface area contributed by atoms with E-state index in [1.165, 1.54) is 0 Å². The number of rotatable bonds is 6. The van der Waals surface area contributed by atoms with Crippen LogP contribution in [0.1, 0.15) is 23.3 Å². The van der Waals surface area contributed by atoms with Crippen molar-refractivity contribution < 1.29 is 4.79 Å². The van der Waals surface area contributed by atoms with Gasteiger partial charge in [-0.15, -0.1) is 0 Å². The van der Waals surface area contributed by atoms with E-state index in [1.807, 2.05) is 19.0 Å². The van der Waals surface area contributed by atoms with Crippen molar-refractivity contribution in [3.05, 3.63) is 18.0 Å². The maximum atomic E-state index is 11.8. The van der Waals surface area contributed by atoms with Gasteiger partial charge in [-0.05, 0) is 33.0 Å². The number of aromatic nitrogens is 2. The summed E-state index contributed by atoms with van der Waals surface area (Å²) in [4.78, 5) is 22.1. The molecule has 18 heavy (non-hydrogen) atoms. The molecule has 2 rings (SSSR count). The SMILES string of the molecule is CN(C)CCNC(=O)c1ccnc(NC2CC2)n1. The summed E-state index contributed by atoms with van der Waals surface area (Å²) in [6, 6.07) is 2.11. The van der Waals surface area contributed by atoms with Gasteiger partial charge in [0, 0.05) is 25.3 Å². The third kappa shape index (κ3) is 3.96. The van der Waals surface area contributed by atoms with Gasteiger partial charge in [-0.3, -0.25) is 4.79 Å². The van der Waals surface area contributed by atoms with E-state index in [0.717, 1.165) is 19.4 Å². The minimum absolute atomic E-state index is 0.155. The highest BCUT2D eigenvalue weighted by molar-refractivity contribution is 5.92. The highest BCUT2D eigenvalue weighted by Gasteiger charge is 2.22. The average Bonchev–Trinajstić information content (AvgIpc) is 3.13. The molecule has 1 heterocycles. The predicted molar refractivity (Wildman–Crippen MR) is 69.6 cm³/mol. The van der Waals surface area contributed by atoms with Gasteiger partial charge in [-0.1, -0.05) is 0 Å². The third-order valence-electron chi connectivity index (χ3n) is 2.64. The minimum Gasteiger partial charge on any atom is -0.351 e. The number of anilines is 1. The first-order chi connectivity index (χ1) is 8.65. The van der Waals surface area contributed by atoms with Crippen LogP contribution in [0.5, 0.6) is 0 Å². The third-order valence-corrected chi connectivity index (χ3v) is 2.64. The van der Waals surface area contributed by atoms with E-state index in [2.05, 4.69) is 20.6 Å². The van der Waals surface area contributed by atoms with Gasteiger partial charge in [0.2, 0.25) is 5.95 Å². The van der Waals surface area contributed by atoms with Gasteiger partial charge < -0.3 is 15.5 Å². The summed E-state index contributed by atoms with van der Waals surface area (Å²) < 4.78 is 0. The quantitative estimate of drug-likeness (QED) is 0.761. The van der Waals surface area contributed by atoms with Crippen molar-refractivity contribution in [2.75, 3.05) is 32.5 Å². The molecule has 1 aliphatic rings. The molecule has 0 bridgehead atoms. The molecule has 0 spiro atoms. The van der Waals surface area contributed by atoms with Crippen LogP contribution < -0.4 is 10.6 Å². The van der Waals surface area contributed by atoms with E-state index < -0.39 is 0 Å². The molecule has 1 saturated carbocycles. The van der Waals surface area contributed by atoms with Crippen molar-refractivity contribution in [2.24, 2.45) is 0 Å². The Labute approximate surface area is 107 Å². The lowest BCUT2D eigenvalue weighted by Gasteiger charge is -2.10. The standard InChI is InChI=1S/C12H19N5O/c1-17(2)8-7-13-11(18)10-5-6-14-12(16-10)15-9-3-4-9/h5-6,9H,3-4,7-8H2,1-2H3,(H,13,18)(H,14,15,16). The Kier molecular flexibility index (Phi) is 4.09. The van der Waals surface area contributed by atoms with Crippen molar-refractivity contribution in [1.29, 1.82) is 0 Å². The molecule has 1 aromatic rings. The molecule has 0 atom stereocenters. The first kappa shape index (κ1) is 12.8. The summed E-state index contributed by atoms with van der Waals surface area (Å²) in [5.41, 5.74) is 0.409. The monoisotopic (exact) mass is 249 g/mol. The fourth-order valence-electron chi connectivity index (χ4n) is 1.45. The van der Waals surface area contributed by atoms with Crippen LogP contribution in [0.4, 0.5) is 5.95 Å². The first-order valence-electron chi connectivity index (χ1n) is 6.17. The van der Waals surface area contributed by atoms with Gasteiger partial charge >= 0.3 is 0 Å². The Morgan fingerprint density at radius 3 is 2.94 bits per heavy atom. The Balaban J connectivity index is 1.88. The molecule has 0 unspecified atom stereocenters. The van der Waals surface area contributed by atoms with Crippen molar-refractivity contribution in [3.8, 4) is 0 Å². The summed E-state index contributed by atoms with van der Waals surface area (Å²) in [7, 11) is 3.93. The molecule has 1 aromatic heterocycles. The number of nitrogens with zero attached hydrogens (tertiary/aromatic N) is 3. The Morgan fingerprint density at radius 1 is 1.50 bits per heavy atom. The predicted octanol–water partition coefficient (Wildman–Crippen LogP) is 0.342. The normalized spacial score (nSPS) is 14.6. The zero-order valence-electron chi connectivity index (χ0n) is 10.8. The van der Waals surface area contributed by atoms with Gasteiger partial charge in [0.15, 0.2) is 0 Å². The summed E-state index contributed by atoms with van der Waals surface area (Å²) in [5, 5.41) is 6.00. The molecule has 0 aromatic carbocycles.